The summed E-state index contributed by atoms with van der Waals surface area (Å²) in [6, 6.07) is 0. The van der Waals surface area contributed by atoms with Gasteiger partial charge in [0, 0.05) is 48.1 Å². The maximum atomic E-state index is 13.5. The molecule has 0 spiro atoms. The Kier molecular flexibility index (Phi) is 11.5. The van der Waals surface area contributed by atoms with Crippen molar-refractivity contribution < 1.29 is 19.4 Å². The van der Waals surface area contributed by atoms with Gasteiger partial charge in [-0.05, 0) is 81.1 Å². The highest BCUT2D eigenvalue weighted by molar-refractivity contribution is 5.93. The molecule has 6 nitrogen and oxygen atoms in total. The van der Waals surface area contributed by atoms with E-state index < -0.39 is 5.41 Å². The molecule has 39 heavy (non-hydrogen) atoms. The fraction of sp³-hybridized carbons (Fsp3) is 0.879. The van der Waals surface area contributed by atoms with Crippen molar-refractivity contribution in [3.8, 4) is 0 Å². The second-order valence-corrected chi connectivity index (χ2v) is 14.9. The highest BCUT2D eigenvalue weighted by Crippen LogP contribution is 2.41. The summed E-state index contributed by atoms with van der Waals surface area (Å²) in [5.41, 5.74) is -1.45. The van der Waals surface area contributed by atoms with Crippen LogP contribution in [0.4, 0.5) is 0 Å². The topological polar surface area (TPSA) is 70.1 Å². The predicted octanol–water partition coefficient (Wildman–Crippen LogP) is 6.69. The van der Waals surface area contributed by atoms with Gasteiger partial charge in [0.05, 0.1) is 6.10 Å². The molecule has 0 bridgehead atoms. The molecule has 0 radical (unpaired) electrons. The van der Waals surface area contributed by atoms with E-state index in [4.69, 9.17) is 4.74 Å². The Morgan fingerprint density at radius 1 is 0.795 bits per heavy atom. The first kappa shape index (κ1) is 34.0. The SMILES string of the molecule is CCCCC(C=O)(CCCC)C(=O)OC1CC(C)(C)N(CC=CCN2C(C)(C)CC(O)CC2(C)C)C(C)(C)C1. The minimum absolute atomic E-state index is 0.0583. The van der Waals surface area contributed by atoms with E-state index in [1.54, 1.807) is 0 Å². The number of carbonyl (C=O) groups is 2. The Morgan fingerprint density at radius 3 is 1.54 bits per heavy atom. The van der Waals surface area contributed by atoms with E-state index in [-0.39, 0.29) is 40.3 Å². The lowest BCUT2D eigenvalue weighted by atomic mass is 9.77. The Bertz CT molecular complexity index is 801. The summed E-state index contributed by atoms with van der Waals surface area (Å²) in [4.78, 5) is 30.8. The van der Waals surface area contributed by atoms with Gasteiger partial charge in [0.2, 0.25) is 0 Å². The maximum Gasteiger partial charge on any atom is 0.319 e. The highest BCUT2D eigenvalue weighted by Gasteiger charge is 2.48. The van der Waals surface area contributed by atoms with Crippen molar-refractivity contribution >= 4 is 12.3 Å². The molecule has 2 saturated heterocycles. The van der Waals surface area contributed by atoms with Crippen LogP contribution in [0.1, 0.15) is 133 Å². The Labute approximate surface area is 239 Å². The van der Waals surface area contributed by atoms with Crippen LogP contribution in [0.15, 0.2) is 12.2 Å². The van der Waals surface area contributed by atoms with Crippen LogP contribution in [0.5, 0.6) is 0 Å². The first-order valence-corrected chi connectivity index (χ1v) is 15.5. The second-order valence-electron chi connectivity index (χ2n) is 14.9. The van der Waals surface area contributed by atoms with Gasteiger partial charge in [0.1, 0.15) is 17.8 Å². The molecule has 0 amide bonds. The molecule has 2 fully saturated rings. The molecule has 1 N–H and O–H groups in total. The number of esters is 1. The van der Waals surface area contributed by atoms with Crippen LogP contribution < -0.4 is 0 Å². The van der Waals surface area contributed by atoms with Crippen molar-refractivity contribution in [2.45, 2.75) is 168 Å². The van der Waals surface area contributed by atoms with Gasteiger partial charge < -0.3 is 14.6 Å². The Morgan fingerprint density at radius 2 is 1.18 bits per heavy atom. The van der Waals surface area contributed by atoms with Crippen molar-refractivity contribution in [2.24, 2.45) is 5.41 Å². The fourth-order valence-corrected chi connectivity index (χ4v) is 7.67. The first-order chi connectivity index (χ1) is 18.0. The van der Waals surface area contributed by atoms with Gasteiger partial charge in [-0.2, -0.15) is 0 Å². The number of unbranched alkanes of at least 4 members (excludes halogenated alkanes) is 2. The minimum Gasteiger partial charge on any atom is -0.461 e. The van der Waals surface area contributed by atoms with E-state index in [2.05, 4.69) is 91.2 Å². The lowest BCUT2D eigenvalue weighted by molar-refractivity contribution is -0.172. The molecular weight excluding hydrogens is 488 g/mol. The van der Waals surface area contributed by atoms with E-state index >= 15 is 0 Å². The Balaban J connectivity index is 2.09. The average Bonchev–Trinajstić information content (AvgIpc) is 2.78. The van der Waals surface area contributed by atoms with E-state index in [0.717, 1.165) is 70.7 Å². The molecule has 0 aromatic rings. The lowest BCUT2D eigenvalue weighted by Crippen LogP contribution is -2.62. The van der Waals surface area contributed by atoms with E-state index in [1.807, 2.05) is 0 Å². The van der Waals surface area contributed by atoms with Gasteiger partial charge in [-0.15, -0.1) is 0 Å². The zero-order valence-electron chi connectivity index (χ0n) is 26.9. The molecule has 2 aliphatic heterocycles. The van der Waals surface area contributed by atoms with Crippen molar-refractivity contribution in [3.63, 3.8) is 0 Å². The van der Waals surface area contributed by atoms with Gasteiger partial charge in [-0.3, -0.25) is 14.6 Å². The number of likely N-dealkylation sites (tertiary alicyclic amines) is 2. The first-order valence-electron chi connectivity index (χ1n) is 15.5. The summed E-state index contributed by atoms with van der Waals surface area (Å²) in [6.45, 7) is 23.7. The quantitative estimate of drug-likeness (QED) is 0.120. The van der Waals surface area contributed by atoms with Crippen LogP contribution >= 0.6 is 0 Å². The third kappa shape index (κ3) is 8.39. The number of rotatable bonds is 13. The molecule has 6 heteroatoms. The van der Waals surface area contributed by atoms with Crippen LogP contribution in [-0.2, 0) is 14.3 Å². The number of aliphatic hydroxyl groups excluding tert-OH is 1. The number of carbonyl (C=O) groups excluding carboxylic acids is 2. The van der Waals surface area contributed by atoms with Crippen molar-refractivity contribution in [1.82, 2.24) is 9.80 Å². The fourth-order valence-electron chi connectivity index (χ4n) is 7.67. The van der Waals surface area contributed by atoms with Crippen LogP contribution in [-0.4, -0.2) is 74.6 Å². The number of hydrogen-bond donors (Lipinski definition) is 1. The largest absolute Gasteiger partial charge is 0.461 e. The number of piperidine rings is 2. The Hall–Kier alpha value is -1.24. The molecule has 2 aliphatic rings. The highest BCUT2D eigenvalue weighted by atomic mass is 16.5. The molecule has 2 rings (SSSR count). The average molecular weight is 549 g/mol. The molecule has 2 heterocycles. The molecule has 0 saturated carbocycles. The summed E-state index contributed by atoms with van der Waals surface area (Å²) in [6.07, 6.45) is 12.8. The smallest absolute Gasteiger partial charge is 0.319 e. The molecule has 0 atom stereocenters. The van der Waals surface area contributed by atoms with Crippen molar-refractivity contribution in [3.05, 3.63) is 12.2 Å². The van der Waals surface area contributed by atoms with Crippen LogP contribution in [0.25, 0.3) is 0 Å². The van der Waals surface area contributed by atoms with Crippen molar-refractivity contribution in [1.29, 1.82) is 0 Å². The van der Waals surface area contributed by atoms with Crippen LogP contribution in [0.3, 0.4) is 0 Å². The van der Waals surface area contributed by atoms with E-state index in [0.29, 0.717) is 12.8 Å². The van der Waals surface area contributed by atoms with Gasteiger partial charge in [-0.25, -0.2) is 0 Å². The van der Waals surface area contributed by atoms with E-state index in [9.17, 15) is 14.7 Å². The van der Waals surface area contributed by atoms with Crippen LogP contribution in [0.2, 0.25) is 0 Å². The number of aliphatic hydroxyl groups is 1. The normalized spacial score (nSPS) is 24.2. The number of aldehydes is 1. The number of hydrogen-bond acceptors (Lipinski definition) is 6. The minimum atomic E-state index is -1.01. The zero-order chi connectivity index (χ0) is 29.7. The summed E-state index contributed by atoms with van der Waals surface area (Å²) in [5.74, 6) is -0.318. The molecule has 0 unspecified atom stereocenters. The molecule has 0 aliphatic carbocycles. The summed E-state index contributed by atoms with van der Waals surface area (Å²) >= 11 is 0. The van der Waals surface area contributed by atoms with Crippen molar-refractivity contribution in [2.75, 3.05) is 13.1 Å². The molecular formula is C33H60N2O4. The second kappa shape index (κ2) is 13.2. The van der Waals surface area contributed by atoms with Gasteiger partial charge in [-0.1, -0.05) is 51.7 Å². The maximum absolute atomic E-state index is 13.5. The predicted molar refractivity (Wildman–Crippen MR) is 161 cm³/mol. The van der Waals surface area contributed by atoms with E-state index in [1.165, 1.54) is 0 Å². The molecule has 226 valence electrons. The molecule has 0 aromatic heterocycles. The summed E-state index contributed by atoms with van der Waals surface area (Å²) in [5, 5.41) is 10.4. The zero-order valence-corrected chi connectivity index (χ0v) is 26.9. The third-order valence-corrected chi connectivity index (χ3v) is 9.45. The standard InChI is InChI=1S/C33H60N2O4/c1-11-13-17-33(25-36,18-14-12-2)28(38)39-27-23-31(7,8)35(32(9,10)24-27)20-16-15-19-34-29(3,4)21-26(37)22-30(34,5)6/h15-16,25-27,37H,11-14,17-24H2,1-10H3. The van der Waals surface area contributed by atoms with Gasteiger partial charge >= 0.3 is 5.97 Å². The summed E-state index contributed by atoms with van der Waals surface area (Å²) in [7, 11) is 0. The molecule has 0 aromatic carbocycles. The van der Waals surface area contributed by atoms with Crippen LogP contribution in [0, 0.1) is 5.41 Å². The third-order valence-electron chi connectivity index (χ3n) is 9.45. The summed E-state index contributed by atoms with van der Waals surface area (Å²) < 4.78 is 6.18. The number of ether oxygens (including phenoxy) is 1. The van der Waals surface area contributed by atoms with Gasteiger partial charge in [0.25, 0.3) is 0 Å². The number of nitrogens with zero attached hydrogens (tertiary/aromatic N) is 2. The van der Waals surface area contributed by atoms with Gasteiger partial charge in [0.15, 0.2) is 0 Å². The lowest BCUT2D eigenvalue weighted by Gasteiger charge is -2.55. The monoisotopic (exact) mass is 548 g/mol.